The predicted molar refractivity (Wildman–Crippen MR) is 77.9 cm³/mol. The Morgan fingerprint density at radius 1 is 1.45 bits per heavy atom. The lowest BCUT2D eigenvalue weighted by molar-refractivity contribution is -0.137. The van der Waals surface area contributed by atoms with Crippen LogP contribution < -0.4 is 5.32 Å². The van der Waals surface area contributed by atoms with Crippen molar-refractivity contribution in [2.45, 2.75) is 17.4 Å². The van der Waals surface area contributed by atoms with Gasteiger partial charge < -0.3 is 15.2 Å². The summed E-state index contributed by atoms with van der Waals surface area (Å²) in [6.07, 6.45) is 2.53. The van der Waals surface area contributed by atoms with Crippen LogP contribution in [0.5, 0.6) is 0 Å². The Kier molecular flexibility index (Phi) is 6.66. The molecule has 1 amide bonds. The van der Waals surface area contributed by atoms with Crippen molar-refractivity contribution in [3.63, 3.8) is 0 Å². The minimum absolute atomic E-state index is 0.0804. The van der Waals surface area contributed by atoms with E-state index < -0.39 is 18.1 Å². The van der Waals surface area contributed by atoms with Gasteiger partial charge in [0.2, 0.25) is 0 Å². The molecule has 0 aliphatic heterocycles. The van der Waals surface area contributed by atoms with Crippen LogP contribution in [-0.4, -0.2) is 30.0 Å². The van der Waals surface area contributed by atoms with E-state index in [9.17, 15) is 9.59 Å². The van der Waals surface area contributed by atoms with Gasteiger partial charge in [-0.1, -0.05) is 24.8 Å². The van der Waals surface area contributed by atoms with Gasteiger partial charge in [0.15, 0.2) is 0 Å². The molecule has 108 valence electrons. The maximum Gasteiger partial charge on any atom is 0.407 e. The number of carbonyl (C=O) groups is 2. The first-order valence-electron chi connectivity index (χ1n) is 5.96. The summed E-state index contributed by atoms with van der Waals surface area (Å²) in [5, 5.41) is 11.5. The second-order valence-corrected chi connectivity index (χ2v) is 4.83. The highest BCUT2D eigenvalue weighted by atomic mass is 32.2. The van der Waals surface area contributed by atoms with E-state index in [1.807, 2.05) is 18.4 Å². The molecule has 0 saturated heterocycles. The number of carboxylic acids is 1. The number of benzene rings is 1. The van der Waals surface area contributed by atoms with Gasteiger partial charge in [0.1, 0.15) is 6.61 Å². The summed E-state index contributed by atoms with van der Waals surface area (Å²) in [6, 6.07) is 6.73. The van der Waals surface area contributed by atoms with Crippen LogP contribution in [0.25, 0.3) is 0 Å². The number of aliphatic carboxylic acids is 1. The Morgan fingerprint density at radius 3 is 2.60 bits per heavy atom. The van der Waals surface area contributed by atoms with Crippen molar-refractivity contribution in [2.75, 3.05) is 12.9 Å². The SMILES string of the molecule is C=CCOC(=O)NC(CC(=O)O)c1ccc(SC)cc1. The lowest BCUT2D eigenvalue weighted by atomic mass is 10.0. The standard InChI is InChI=1S/C14H17NO4S/c1-3-8-19-14(18)15-12(9-13(16)17)10-4-6-11(20-2)7-5-10/h3-7,12H,1,8-9H2,2H3,(H,15,18)(H,16,17). The van der Waals surface area contributed by atoms with Crippen molar-refractivity contribution < 1.29 is 19.4 Å². The molecular weight excluding hydrogens is 278 g/mol. The highest BCUT2D eigenvalue weighted by molar-refractivity contribution is 7.98. The summed E-state index contributed by atoms with van der Waals surface area (Å²) in [5.74, 6) is -0.993. The van der Waals surface area contributed by atoms with Crippen LogP contribution in [0.4, 0.5) is 4.79 Å². The number of ether oxygens (including phenoxy) is 1. The van der Waals surface area contributed by atoms with E-state index in [1.54, 1.807) is 23.9 Å². The molecule has 1 aromatic rings. The van der Waals surface area contributed by atoms with Gasteiger partial charge in [0, 0.05) is 4.90 Å². The molecule has 0 bridgehead atoms. The largest absolute Gasteiger partial charge is 0.481 e. The fourth-order valence-corrected chi connectivity index (χ4v) is 1.99. The van der Waals surface area contributed by atoms with Gasteiger partial charge in [-0.2, -0.15) is 0 Å². The third-order valence-electron chi connectivity index (χ3n) is 2.52. The van der Waals surface area contributed by atoms with E-state index in [0.29, 0.717) is 0 Å². The third kappa shape index (κ3) is 5.36. The van der Waals surface area contributed by atoms with Crippen molar-refractivity contribution in [3.05, 3.63) is 42.5 Å². The summed E-state index contributed by atoms with van der Waals surface area (Å²) in [7, 11) is 0. The Bertz CT molecular complexity index is 473. The zero-order valence-corrected chi connectivity index (χ0v) is 12.0. The lowest BCUT2D eigenvalue weighted by Crippen LogP contribution is -2.30. The number of carboxylic acid groups (broad SMARTS) is 1. The third-order valence-corrected chi connectivity index (χ3v) is 3.26. The van der Waals surface area contributed by atoms with E-state index in [0.717, 1.165) is 10.5 Å². The summed E-state index contributed by atoms with van der Waals surface area (Å²) in [6.45, 7) is 3.52. The lowest BCUT2D eigenvalue weighted by Gasteiger charge is -2.17. The van der Waals surface area contributed by atoms with Crippen molar-refractivity contribution >= 4 is 23.8 Å². The number of amides is 1. The van der Waals surface area contributed by atoms with Crippen molar-refractivity contribution in [2.24, 2.45) is 0 Å². The van der Waals surface area contributed by atoms with Gasteiger partial charge in [-0.05, 0) is 24.0 Å². The molecule has 0 fully saturated rings. The van der Waals surface area contributed by atoms with Gasteiger partial charge >= 0.3 is 12.1 Å². The molecular formula is C14H17NO4S. The maximum atomic E-state index is 11.5. The molecule has 20 heavy (non-hydrogen) atoms. The van der Waals surface area contributed by atoms with Gasteiger partial charge in [-0.15, -0.1) is 11.8 Å². The van der Waals surface area contributed by atoms with E-state index >= 15 is 0 Å². The zero-order valence-electron chi connectivity index (χ0n) is 11.2. The first-order chi connectivity index (χ1) is 9.56. The number of alkyl carbamates (subject to hydrolysis) is 1. The zero-order chi connectivity index (χ0) is 15.0. The Hall–Kier alpha value is -1.95. The van der Waals surface area contributed by atoms with E-state index in [1.165, 1.54) is 6.08 Å². The minimum atomic E-state index is -0.993. The van der Waals surface area contributed by atoms with Crippen LogP contribution in [0.15, 0.2) is 41.8 Å². The summed E-state index contributed by atoms with van der Waals surface area (Å²) < 4.78 is 4.80. The fraction of sp³-hybridized carbons (Fsp3) is 0.286. The van der Waals surface area contributed by atoms with Crippen LogP contribution in [0.3, 0.4) is 0 Å². The first kappa shape index (κ1) is 16.1. The molecule has 1 unspecified atom stereocenters. The fourth-order valence-electron chi connectivity index (χ4n) is 1.58. The molecule has 0 radical (unpaired) electrons. The molecule has 1 aromatic carbocycles. The molecule has 0 aromatic heterocycles. The van der Waals surface area contributed by atoms with Crippen LogP contribution in [0.1, 0.15) is 18.0 Å². The molecule has 0 aliphatic carbocycles. The quantitative estimate of drug-likeness (QED) is 0.597. The average molecular weight is 295 g/mol. The van der Waals surface area contributed by atoms with Crippen LogP contribution in [0.2, 0.25) is 0 Å². The normalized spacial score (nSPS) is 11.4. The number of hydrogen-bond acceptors (Lipinski definition) is 4. The first-order valence-corrected chi connectivity index (χ1v) is 7.19. The molecule has 1 atom stereocenters. The summed E-state index contributed by atoms with van der Waals surface area (Å²) >= 11 is 1.59. The predicted octanol–water partition coefficient (Wildman–Crippen LogP) is 2.84. The number of hydrogen-bond donors (Lipinski definition) is 2. The second kappa shape index (κ2) is 8.27. The second-order valence-electron chi connectivity index (χ2n) is 3.96. The number of thioether (sulfide) groups is 1. The van der Waals surface area contributed by atoms with Crippen molar-refractivity contribution in [1.82, 2.24) is 5.32 Å². The van der Waals surface area contributed by atoms with E-state index in [2.05, 4.69) is 11.9 Å². The molecule has 0 spiro atoms. The van der Waals surface area contributed by atoms with Crippen LogP contribution in [0, 0.1) is 0 Å². The molecule has 1 rings (SSSR count). The summed E-state index contributed by atoms with van der Waals surface area (Å²) in [5.41, 5.74) is 0.723. The number of nitrogens with one attached hydrogen (secondary N) is 1. The van der Waals surface area contributed by atoms with Crippen molar-refractivity contribution in [3.8, 4) is 0 Å². The van der Waals surface area contributed by atoms with E-state index in [4.69, 9.17) is 9.84 Å². The molecule has 0 aliphatic rings. The molecule has 0 saturated carbocycles. The molecule has 6 heteroatoms. The smallest absolute Gasteiger partial charge is 0.407 e. The molecule has 5 nitrogen and oxygen atoms in total. The van der Waals surface area contributed by atoms with Crippen molar-refractivity contribution in [1.29, 1.82) is 0 Å². The van der Waals surface area contributed by atoms with Gasteiger partial charge in [0.05, 0.1) is 12.5 Å². The topological polar surface area (TPSA) is 75.6 Å². The monoisotopic (exact) mass is 295 g/mol. The Labute approximate surface area is 122 Å². The number of carbonyl (C=O) groups excluding carboxylic acids is 1. The van der Waals surface area contributed by atoms with Crippen LogP contribution in [-0.2, 0) is 9.53 Å². The average Bonchev–Trinajstić information content (AvgIpc) is 2.44. The number of rotatable bonds is 7. The molecule has 2 N–H and O–H groups in total. The highest BCUT2D eigenvalue weighted by Gasteiger charge is 2.18. The van der Waals surface area contributed by atoms with Gasteiger partial charge in [-0.3, -0.25) is 4.79 Å². The molecule has 0 heterocycles. The van der Waals surface area contributed by atoms with E-state index in [-0.39, 0.29) is 13.0 Å². The van der Waals surface area contributed by atoms with Gasteiger partial charge in [-0.25, -0.2) is 4.79 Å². The minimum Gasteiger partial charge on any atom is -0.481 e. The Morgan fingerprint density at radius 2 is 2.10 bits per heavy atom. The van der Waals surface area contributed by atoms with Gasteiger partial charge in [0.25, 0.3) is 0 Å². The Balaban J connectivity index is 2.78. The summed E-state index contributed by atoms with van der Waals surface area (Å²) in [4.78, 5) is 23.5. The van der Waals surface area contributed by atoms with Crippen LogP contribution >= 0.6 is 11.8 Å². The highest BCUT2D eigenvalue weighted by Crippen LogP contribution is 2.21. The maximum absolute atomic E-state index is 11.5.